The molecule has 0 saturated heterocycles. The van der Waals surface area contributed by atoms with Gasteiger partial charge >= 0.3 is 0 Å². The summed E-state index contributed by atoms with van der Waals surface area (Å²) in [7, 11) is 4.03. The van der Waals surface area contributed by atoms with Crippen molar-refractivity contribution in [2.75, 3.05) is 20.6 Å². The molecule has 1 rings (SSSR count). The fourth-order valence-electron chi connectivity index (χ4n) is 0.792. The van der Waals surface area contributed by atoms with Gasteiger partial charge < -0.3 is 5.01 Å². The molecule has 1 aliphatic rings. The second-order valence-electron chi connectivity index (χ2n) is 2.28. The van der Waals surface area contributed by atoms with Crippen molar-refractivity contribution in [3.63, 3.8) is 0 Å². The Bertz CT molecular complexity index is 133. The zero-order valence-electron chi connectivity index (χ0n) is 5.76. The van der Waals surface area contributed by atoms with Crippen LogP contribution in [0.2, 0.25) is 0 Å². The van der Waals surface area contributed by atoms with Crippen molar-refractivity contribution in [2.45, 2.75) is 6.42 Å². The van der Waals surface area contributed by atoms with E-state index in [9.17, 15) is 0 Å². The minimum absolute atomic E-state index is 0.940. The lowest BCUT2D eigenvalue weighted by molar-refractivity contribution is 0.0711. The van der Waals surface area contributed by atoms with Crippen LogP contribution in [0.15, 0.2) is 11.2 Å². The molecule has 0 bridgehead atoms. The Balaban J connectivity index is 2.58. The molecule has 1 heterocycles. The first-order valence-electron chi connectivity index (χ1n) is 3.00. The van der Waals surface area contributed by atoms with Crippen LogP contribution in [-0.4, -0.2) is 30.7 Å². The van der Waals surface area contributed by atoms with Crippen LogP contribution in [0.1, 0.15) is 6.42 Å². The molecule has 0 saturated carbocycles. The maximum absolute atomic E-state index is 5.77. The average molecular weight is 147 g/mol. The highest BCUT2D eigenvalue weighted by Gasteiger charge is 2.08. The lowest BCUT2D eigenvalue weighted by Gasteiger charge is -2.30. The monoisotopic (exact) mass is 146 g/mol. The Morgan fingerprint density at radius 2 is 2.22 bits per heavy atom. The van der Waals surface area contributed by atoms with Gasteiger partial charge in [-0.05, 0) is 6.42 Å². The first-order chi connectivity index (χ1) is 4.20. The first-order valence-corrected chi connectivity index (χ1v) is 3.38. The number of halogens is 1. The van der Waals surface area contributed by atoms with Gasteiger partial charge in [0.15, 0.2) is 0 Å². The van der Waals surface area contributed by atoms with Crippen LogP contribution in [0.4, 0.5) is 0 Å². The minimum Gasteiger partial charge on any atom is -0.315 e. The summed E-state index contributed by atoms with van der Waals surface area (Å²) in [4.78, 5) is 0. The zero-order chi connectivity index (χ0) is 6.85. The Labute approximate surface area is 60.7 Å². The van der Waals surface area contributed by atoms with Crippen molar-refractivity contribution >= 4 is 11.6 Å². The van der Waals surface area contributed by atoms with E-state index in [0.29, 0.717) is 0 Å². The summed E-state index contributed by atoms with van der Waals surface area (Å²) in [6, 6.07) is 0. The van der Waals surface area contributed by atoms with Gasteiger partial charge in [-0.15, -0.1) is 0 Å². The molecule has 0 atom stereocenters. The quantitative estimate of drug-likeness (QED) is 0.508. The first kappa shape index (κ1) is 6.90. The SMILES string of the molecule is CN1C=C(Cl)CCN1C. The lowest BCUT2D eigenvalue weighted by Crippen LogP contribution is -2.36. The molecule has 9 heavy (non-hydrogen) atoms. The summed E-state index contributed by atoms with van der Waals surface area (Å²) < 4.78 is 0. The highest BCUT2D eigenvalue weighted by atomic mass is 35.5. The second kappa shape index (κ2) is 2.58. The third kappa shape index (κ3) is 1.60. The summed E-state index contributed by atoms with van der Waals surface area (Å²) in [5, 5.41) is 5.05. The Kier molecular flexibility index (Phi) is 1.98. The predicted molar refractivity (Wildman–Crippen MR) is 38.9 cm³/mol. The van der Waals surface area contributed by atoms with Gasteiger partial charge in [-0.3, -0.25) is 0 Å². The highest BCUT2D eigenvalue weighted by molar-refractivity contribution is 6.29. The Morgan fingerprint density at radius 1 is 1.56 bits per heavy atom. The van der Waals surface area contributed by atoms with E-state index < -0.39 is 0 Å². The molecule has 3 heteroatoms. The van der Waals surface area contributed by atoms with Gasteiger partial charge in [-0.1, -0.05) is 11.6 Å². The molecule has 0 radical (unpaired) electrons. The molecule has 0 amide bonds. The lowest BCUT2D eigenvalue weighted by atomic mass is 10.3. The van der Waals surface area contributed by atoms with Crippen molar-refractivity contribution in [1.29, 1.82) is 0 Å². The van der Waals surface area contributed by atoms with Crippen LogP contribution >= 0.6 is 11.6 Å². The topological polar surface area (TPSA) is 6.48 Å². The molecule has 1 aliphatic heterocycles. The van der Waals surface area contributed by atoms with Crippen molar-refractivity contribution in [1.82, 2.24) is 10.0 Å². The van der Waals surface area contributed by atoms with Gasteiger partial charge in [0.05, 0.1) is 0 Å². The van der Waals surface area contributed by atoms with Crippen LogP contribution in [0.5, 0.6) is 0 Å². The summed E-state index contributed by atoms with van der Waals surface area (Å²) in [5.41, 5.74) is 0. The molecule has 0 aromatic carbocycles. The van der Waals surface area contributed by atoms with Crippen molar-refractivity contribution in [3.05, 3.63) is 11.2 Å². The molecule has 0 aromatic rings. The van der Waals surface area contributed by atoms with Crippen molar-refractivity contribution in [3.8, 4) is 0 Å². The Morgan fingerprint density at radius 3 is 2.67 bits per heavy atom. The molecule has 0 aromatic heterocycles. The van der Waals surface area contributed by atoms with E-state index in [1.54, 1.807) is 0 Å². The summed E-state index contributed by atoms with van der Waals surface area (Å²) in [6.07, 6.45) is 2.91. The van der Waals surface area contributed by atoms with E-state index in [0.717, 1.165) is 18.0 Å². The average Bonchev–Trinajstić information content (AvgIpc) is 1.80. The fraction of sp³-hybridized carbons (Fsp3) is 0.667. The predicted octanol–water partition coefficient (Wildman–Crippen LogP) is 1.25. The van der Waals surface area contributed by atoms with E-state index in [1.165, 1.54) is 0 Å². The van der Waals surface area contributed by atoms with Gasteiger partial charge in [0.1, 0.15) is 0 Å². The number of hydrogen-bond acceptors (Lipinski definition) is 2. The number of hydrazine groups is 1. The van der Waals surface area contributed by atoms with Crippen LogP contribution in [-0.2, 0) is 0 Å². The molecule has 52 valence electrons. The normalized spacial score (nSPS) is 22.1. The van der Waals surface area contributed by atoms with E-state index >= 15 is 0 Å². The minimum atomic E-state index is 0.940. The Hall–Kier alpha value is -0.210. The van der Waals surface area contributed by atoms with E-state index in [1.807, 2.05) is 25.3 Å². The number of hydrogen-bond donors (Lipinski definition) is 0. The molecule has 0 fully saturated rings. The van der Waals surface area contributed by atoms with Crippen LogP contribution in [0.25, 0.3) is 0 Å². The number of rotatable bonds is 0. The highest BCUT2D eigenvalue weighted by Crippen LogP contribution is 2.14. The molecule has 0 spiro atoms. The maximum Gasteiger partial charge on any atom is 0.0367 e. The van der Waals surface area contributed by atoms with E-state index in [-0.39, 0.29) is 0 Å². The standard InChI is InChI=1S/C6H11ClN2/c1-8-4-3-6(7)5-9(8)2/h5H,3-4H2,1-2H3. The molecule has 0 N–H and O–H groups in total. The van der Waals surface area contributed by atoms with Gasteiger partial charge in [-0.25, -0.2) is 5.01 Å². The van der Waals surface area contributed by atoms with E-state index in [4.69, 9.17) is 11.6 Å². The van der Waals surface area contributed by atoms with Gasteiger partial charge in [0.2, 0.25) is 0 Å². The molecule has 2 nitrogen and oxygen atoms in total. The summed E-state index contributed by atoms with van der Waals surface area (Å²) in [6.45, 7) is 1.02. The van der Waals surface area contributed by atoms with Crippen LogP contribution in [0.3, 0.4) is 0 Å². The van der Waals surface area contributed by atoms with Crippen molar-refractivity contribution < 1.29 is 0 Å². The van der Waals surface area contributed by atoms with Gasteiger partial charge in [-0.2, -0.15) is 0 Å². The number of nitrogens with zero attached hydrogens (tertiary/aromatic N) is 2. The van der Waals surface area contributed by atoms with Crippen LogP contribution < -0.4 is 0 Å². The van der Waals surface area contributed by atoms with Gasteiger partial charge in [0.25, 0.3) is 0 Å². The molecular weight excluding hydrogens is 136 g/mol. The van der Waals surface area contributed by atoms with Gasteiger partial charge in [0, 0.05) is 31.9 Å². The summed E-state index contributed by atoms with van der Waals surface area (Å²) in [5.74, 6) is 0. The second-order valence-corrected chi connectivity index (χ2v) is 2.77. The zero-order valence-corrected chi connectivity index (χ0v) is 6.52. The molecule has 0 unspecified atom stereocenters. The fourth-order valence-corrected chi connectivity index (χ4v) is 1.02. The van der Waals surface area contributed by atoms with E-state index in [2.05, 4.69) is 5.01 Å². The summed E-state index contributed by atoms with van der Waals surface area (Å²) >= 11 is 5.77. The largest absolute Gasteiger partial charge is 0.315 e. The third-order valence-electron chi connectivity index (χ3n) is 1.54. The maximum atomic E-state index is 5.77. The third-order valence-corrected chi connectivity index (χ3v) is 1.83. The molecule has 0 aliphatic carbocycles. The van der Waals surface area contributed by atoms with Crippen molar-refractivity contribution in [2.24, 2.45) is 0 Å². The smallest absolute Gasteiger partial charge is 0.0367 e. The molecular formula is C6H11ClN2. The van der Waals surface area contributed by atoms with Crippen LogP contribution in [0, 0.1) is 0 Å².